The van der Waals surface area contributed by atoms with Crippen LogP contribution in [0.25, 0.3) is 16.7 Å². The number of aryl methyl sites for hydroxylation is 1. The second-order valence-electron chi connectivity index (χ2n) is 5.88. The summed E-state index contributed by atoms with van der Waals surface area (Å²) in [5.74, 6) is 0.812. The third kappa shape index (κ3) is 2.17. The Labute approximate surface area is 139 Å². The van der Waals surface area contributed by atoms with Crippen LogP contribution in [0.3, 0.4) is 0 Å². The molecule has 24 heavy (non-hydrogen) atoms. The van der Waals surface area contributed by atoms with E-state index >= 15 is 0 Å². The monoisotopic (exact) mass is 318 g/mol. The predicted molar refractivity (Wildman–Crippen MR) is 92.2 cm³/mol. The highest BCUT2D eigenvalue weighted by atomic mass is 16.3. The van der Waals surface area contributed by atoms with Crippen LogP contribution in [0, 0.1) is 19.3 Å². The quantitative estimate of drug-likeness (QED) is 0.628. The van der Waals surface area contributed by atoms with Crippen LogP contribution in [0.1, 0.15) is 17.0 Å². The summed E-state index contributed by atoms with van der Waals surface area (Å²) in [6.07, 6.45) is 3.36. The van der Waals surface area contributed by atoms with Gasteiger partial charge < -0.3 is 8.98 Å². The second-order valence-corrected chi connectivity index (χ2v) is 5.88. The lowest BCUT2D eigenvalue weighted by molar-refractivity contribution is 0.486. The van der Waals surface area contributed by atoms with Gasteiger partial charge >= 0.3 is 0 Å². The van der Waals surface area contributed by atoms with Gasteiger partial charge in [0.1, 0.15) is 16.9 Å². The standard InChI is InChI=1S/C19H18N4O/c1-13-14(2)23(15-7-4-3-5-8-15)19-17(13)18(20)22(12-21-19)11-16-9-6-10-24-16/h3-10,12,20H,11H2,1-2H3. The molecule has 0 aliphatic carbocycles. The van der Waals surface area contributed by atoms with E-state index in [2.05, 4.69) is 28.6 Å². The van der Waals surface area contributed by atoms with E-state index in [-0.39, 0.29) is 0 Å². The van der Waals surface area contributed by atoms with Gasteiger partial charge in [0.2, 0.25) is 0 Å². The van der Waals surface area contributed by atoms with Crippen molar-refractivity contribution in [2.45, 2.75) is 20.4 Å². The molecule has 1 N–H and O–H groups in total. The fraction of sp³-hybridized carbons (Fsp3) is 0.158. The third-order valence-electron chi connectivity index (χ3n) is 4.45. The summed E-state index contributed by atoms with van der Waals surface area (Å²) in [5.41, 5.74) is 4.51. The van der Waals surface area contributed by atoms with Gasteiger partial charge in [0.15, 0.2) is 0 Å². The molecule has 5 nitrogen and oxygen atoms in total. The van der Waals surface area contributed by atoms with Crippen molar-refractivity contribution in [2.24, 2.45) is 0 Å². The Morgan fingerprint density at radius 3 is 2.58 bits per heavy atom. The molecule has 4 aromatic rings. The Morgan fingerprint density at radius 1 is 1.08 bits per heavy atom. The van der Waals surface area contributed by atoms with Crippen molar-refractivity contribution in [3.05, 3.63) is 77.6 Å². The minimum absolute atomic E-state index is 0.451. The first-order valence-electron chi connectivity index (χ1n) is 7.86. The van der Waals surface area contributed by atoms with Gasteiger partial charge in [0.05, 0.1) is 24.5 Å². The molecule has 0 atom stereocenters. The van der Waals surface area contributed by atoms with Crippen LogP contribution in [0.4, 0.5) is 0 Å². The van der Waals surface area contributed by atoms with E-state index in [1.165, 1.54) is 0 Å². The van der Waals surface area contributed by atoms with Gasteiger partial charge in [0, 0.05) is 11.4 Å². The van der Waals surface area contributed by atoms with Crippen molar-refractivity contribution in [3.63, 3.8) is 0 Å². The summed E-state index contributed by atoms with van der Waals surface area (Å²) < 4.78 is 9.32. The minimum atomic E-state index is 0.451. The van der Waals surface area contributed by atoms with Crippen molar-refractivity contribution >= 4 is 11.0 Å². The molecule has 0 aliphatic heterocycles. The van der Waals surface area contributed by atoms with E-state index < -0.39 is 0 Å². The molecule has 0 aliphatic rings. The molecule has 120 valence electrons. The van der Waals surface area contributed by atoms with Crippen molar-refractivity contribution < 1.29 is 4.42 Å². The first-order chi connectivity index (χ1) is 11.7. The fourth-order valence-electron chi connectivity index (χ4n) is 3.10. The summed E-state index contributed by atoms with van der Waals surface area (Å²) in [6, 6.07) is 13.9. The van der Waals surface area contributed by atoms with Crippen LogP contribution in [0.2, 0.25) is 0 Å². The van der Waals surface area contributed by atoms with Gasteiger partial charge in [-0.05, 0) is 43.7 Å². The van der Waals surface area contributed by atoms with Gasteiger partial charge in [-0.2, -0.15) is 0 Å². The maximum absolute atomic E-state index is 8.62. The Balaban J connectivity index is 1.94. The molecule has 0 saturated carbocycles. The van der Waals surface area contributed by atoms with E-state index in [0.717, 1.165) is 33.7 Å². The molecule has 0 bridgehead atoms. The summed E-state index contributed by atoms with van der Waals surface area (Å²) in [7, 11) is 0. The van der Waals surface area contributed by atoms with Gasteiger partial charge in [-0.15, -0.1) is 0 Å². The Bertz CT molecular complexity index is 1060. The minimum Gasteiger partial charge on any atom is -0.467 e. The van der Waals surface area contributed by atoms with Gasteiger partial charge in [-0.1, -0.05) is 18.2 Å². The summed E-state index contributed by atoms with van der Waals surface area (Å²) in [4.78, 5) is 4.64. The largest absolute Gasteiger partial charge is 0.467 e. The molecule has 0 amide bonds. The van der Waals surface area contributed by atoms with E-state index in [9.17, 15) is 0 Å². The third-order valence-corrected chi connectivity index (χ3v) is 4.45. The lowest BCUT2D eigenvalue weighted by Gasteiger charge is -2.08. The molecule has 3 heterocycles. The van der Waals surface area contributed by atoms with Crippen LogP contribution >= 0.6 is 0 Å². The lowest BCUT2D eigenvalue weighted by atomic mass is 10.2. The van der Waals surface area contributed by atoms with Crippen LogP contribution in [0.15, 0.2) is 59.5 Å². The van der Waals surface area contributed by atoms with Crippen molar-refractivity contribution in [1.82, 2.24) is 14.1 Å². The van der Waals surface area contributed by atoms with Gasteiger partial charge in [-0.3, -0.25) is 9.98 Å². The zero-order valence-electron chi connectivity index (χ0n) is 13.7. The number of nitrogens with zero attached hydrogens (tertiary/aromatic N) is 3. The number of para-hydroxylation sites is 1. The van der Waals surface area contributed by atoms with Crippen LogP contribution < -0.4 is 5.49 Å². The first kappa shape index (κ1) is 14.5. The summed E-state index contributed by atoms with van der Waals surface area (Å²) in [6.45, 7) is 4.62. The lowest BCUT2D eigenvalue weighted by Crippen LogP contribution is -2.21. The van der Waals surface area contributed by atoms with E-state index in [1.807, 2.05) is 41.8 Å². The van der Waals surface area contributed by atoms with Crippen LogP contribution in [-0.4, -0.2) is 14.1 Å². The molecule has 5 heteroatoms. The molecule has 0 radical (unpaired) electrons. The van der Waals surface area contributed by atoms with Crippen molar-refractivity contribution in [1.29, 1.82) is 5.41 Å². The molecule has 3 aromatic heterocycles. The van der Waals surface area contributed by atoms with Crippen LogP contribution in [0.5, 0.6) is 0 Å². The van der Waals surface area contributed by atoms with Crippen molar-refractivity contribution in [3.8, 4) is 5.69 Å². The average Bonchev–Trinajstić information content (AvgIpc) is 3.19. The molecule has 0 saturated heterocycles. The first-order valence-corrected chi connectivity index (χ1v) is 7.86. The molecule has 1 aromatic carbocycles. The number of furan rings is 1. The maximum Gasteiger partial charge on any atom is 0.150 e. The predicted octanol–water partition coefficient (Wildman–Crippen LogP) is 3.56. The maximum atomic E-state index is 8.62. The number of rotatable bonds is 3. The highest BCUT2D eigenvalue weighted by Gasteiger charge is 2.16. The molecule has 4 rings (SSSR count). The Hall–Kier alpha value is -3.08. The zero-order valence-corrected chi connectivity index (χ0v) is 13.7. The molecule has 0 spiro atoms. The van der Waals surface area contributed by atoms with E-state index in [1.54, 1.807) is 12.6 Å². The van der Waals surface area contributed by atoms with Crippen LogP contribution in [-0.2, 0) is 6.54 Å². The Morgan fingerprint density at radius 2 is 1.88 bits per heavy atom. The molecular formula is C19H18N4O. The number of benzene rings is 1. The van der Waals surface area contributed by atoms with Crippen molar-refractivity contribution in [2.75, 3.05) is 0 Å². The Kier molecular flexibility index (Phi) is 3.34. The topological polar surface area (TPSA) is 59.7 Å². The number of fused-ring (bicyclic) bond motifs is 1. The molecule has 0 fully saturated rings. The number of hydrogen-bond acceptors (Lipinski definition) is 3. The average molecular weight is 318 g/mol. The number of nitrogens with one attached hydrogen (secondary N) is 1. The van der Waals surface area contributed by atoms with E-state index in [4.69, 9.17) is 9.83 Å². The van der Waals surface area contributed by atoms with Gasteiger partial charge in [-0.25, -0.2) is 4.98 Å². The number of hydrogen-bond donors (Lipinski definition) is 1. The summed E-state index contributed by atoms with van der Waals surface area (Å²) in [5, 5.41) is 9.50. The normalized spacial score (nSPS) is 11.2. The molecule has 0 unspecified atom stereocenters. The second kappa shape index (κ2) is 5.53. The number of aromatic nitrogens is 3. The molecular weight excluding hydrogens is 300 g/mol. The highest BCUT2D eigenvalue weighted by Crippen LogP contribution is 2.24. The van der Waals surface area contributed by atoms with Gasteiger partial charge in [0.25, 0.3) is 0 Å². The zero-order chi connectivity index (χ0) is 16.7. The fourth-order valence-corrected chi connectivity index (χ4v) is 3.10. The van der Waals surface area contributed by atoms with E-state index in [0.29, 0.717) is 12.0 Å². The highest BCUT2D eigenvalue weighted by molar-refractivity contribution is 5.82. The smallest absolute Gasteiger partial charge is 0.150 e. The summed E-state index contributed by atoms with van der Waals surface area (Å²) >= 11 is 0. The SMILES string of the molecule is Cc1c(C)n(-c2ccccc2)c2ncn(Cc3ccco3)c(=N)c12.